The minimum atomic E-state index is -0.376. The molecular formula is C17H23Cl2N5O2. The van der Waals surface area contributed by atoms with E-state index in [4.69, 9.17) is 22.1 Å². The third kappa shape index (κ3) is 4.60. The smallest absolute Gasteiger partial charge is 0.274 e. The van der Waals surface area contributed by atoms with Gasteiger partial charge in [-0.3, -0.25) is 20.0 Å². The van der Waals surface area contributed by atoms with Gasteiger partial charge in [-0.15, -0.1) is 12.4 Å². The van der Waals surface area contributed by atoms with Crippen molar-refractivity contribution in [3.05, 3.63) is 28.9 Å². The molecule has 1 saturated heterocycles. The Kier molecular flexibility index (Phi) is 7.14. The number of carbonyl (C=O) groups excluding carboxylic acids is 1. The highest BCUT2D eigenvalue weighted by Gasteiger charge is 2.16. The SMILES string of the molecule is CN=C(N)NC(=O)c1cc2c(Cl)ccc(OCCN3CCCC3)c2[nH]1.Cl. The number of likely N-dealkylation sites (tertiary alicyclic amines) is 1. The summed E-state index contributed by atoms with van der Waals surface area (Å²) in [7, 11) is 1.50. The highest BCUT2D eigenvalue weighted by molar-refractivity contribution is 6.35. The molecule has 9 heteroatoms. The predicted molar refractivity (Wildman–Crippen MR) is 107 cm³/mol. The molecule has 1 aromatic heterocycles. The quantitative estimate of drug-likeness (QED) is 0.531. The van der Waals surface area contributed by atoms with Crippen molar-refractivity contribution in [2.24, 2.45) is 10.7 Å². The third-order valence-electron chi connectivity index (χ3n) is 4.29. The number of amides is 1. The van der Waals surface area contributed by atoms with E-state index in [0.29, 0.717) is 28.6 Å². The van der Waals surface area contributed by atoms with Gasteiger partial charge in [-0.25, -0.2) is 0 Å². The lowest BCUT2D eigenvalue weighted by atomic mass is 10.2. The minimum Gasteiger partial charge on any atom is -0.490 e. The number of hydrogen-bond acceptors (Lipinski definition) is 4. The largest absolute Gasteiger partial charge is 0.490 e. The van der Waals surface area contributed by atoms with E-state index in [-0.39, 0.29) is 24.3 Å². The minimum absolute atomic E-state index is 0. The Morgan fingerprint density at radius 3 is 2.85 bits per heavy atom. The number of aromatic nitrogens is 1. The maximum atomic E-state index is 12.2. The van der Waals surface area contributed by atoms with E-state index in [1.807, 2.05) is 6.07 Å². The molecule has 0 bridgehead atoms. The van der Waals surface area contributed by atoms with Crippen LogP contribution >= 0.6 is 24.0 Å². The Hall–Kier alpha value is -1.96. The Balaban J connectivity index is 0.00000243. The van der Waals surface area contributed by atoms with Crippen LogP contribution in [0.1, 0.15) is 23.3 Å². The number of nitrogens with one attached hydrogen (secondary N) is 2. The summed E-state index contributed by atoms with van der Waals surface area (Å²) in [5.74, 6) is 0.352. The number of carbonyl (C=O) groups is 1. The molecule has 2 heterocycles. The van der Waals surface area contributed by atoms with Gasteiger partial charge in [0.2, 0.25) is 0 Å². The molecule has 1 aliphatic heterocycles. The van der Waals surface area contributed by atoms with Crippen LogP contribution in [0.4, 0.5) is 0 Å². The number of halogens is 2. The van der Waals surface area contributed by atoms with Crippen LogP contribution in [0.2, 0.25) is 5.02 Å². The number of ether oxygens (including phenoxy) is 1. The number of hydrogen-bond donors (Lipinski definition) is 3. The molecule has 0 saturated carbocycles. The van der Waals surface area contributed by atoms with Crippen molar-refractivity contribution >= 4 is 46.8 Å². The van der Waals surface area contributed by atoms with E-state index in [2.05, 4.69) is 20.2 Å². The predicted octanol–water partition coefficient (Wildman–Crippen LogP) is 2.39. The van der Waals surface area contributed by atoms with Crippen LogP contribution in [0, 0.1) is 0 Å². The molecule has 1 aliphatic rings. The number of nitrogens with two attached hydrogens (primary N) is 1. The van der Waals surface area contributed by atoms with Crippen molar-refractivity contribution in [2.75, 3.05) is 33.3 Å². The van der Waals surface area contributed by atoms with Crippen LogP contribution < -0.4 is 15.8 Å². The van der Waals surface area contributed by atoms with Gasteiger partial charge in [-0.2, -0.15) is 0 Å². The summed E-state index contributed by atoms with van der Waals surface area (Å²) >= 11 is 6.25. The first-order valence-corrected chi connectivity index (χ1v) is 8.66. The molecule has 26 heavy (non-hydrogen) atoms. The molecule has 1 amide bonds. The van der Waals surface area contributed by atoms with Crippen molar-refractivity contribution in [1.29, 1.82) is 0 Å². The lowest BCUT2D eigenvalue weighted by Crippen LogP contribution is -2.36. The van der Waals surface area contributed by atoms with Crippen LogP contribution in [-0.4, -0.2) is 55.0 Å². The summed E-state index contributed by atoms with van der Waals surface area (Å²) < 4.78 is 5.92. The lowest BCUT2D eigenvalue weighted by molar-refractivity contribution is 0.0972. The standard InChI is InChI=1S/C17H22ClN5O2.ClH/c1-20-17(19)22-16(24)13-10-11-12(18)4-5-14(15(11)21-13)25-9-8-23-6-2-3-7-23;/h4-5,10,21H,2-3,6-9H2,1H3,(H3,19,20,22,24);1H. The van der Waals surface area contributed by atoms with Gasteiger partial charge < -0.3 is 15.5 Å². The van der Waals surface area contributed by atoms with E-state index in [9.17, 15) is 4.79 Å². The normalized spacial score (nSPS) is 15.1. The number of aromatic amines is 1. The van der Waals surface area contributed by atoms with Crippen LogP contribution in [0.25, 0.3) is 10.9 Å². The zero-order chi connectivity index (χ0) is 17.8. The molecule has 1 fully saturated rings. The van der Waals surface area contributed by atoms with Crippen LogP contribution in [0.3, 0.4) is 0 Å². The Morgan fingerprint density at radius 1 is 1.42 bits per heavy atom. The molecule has 7 nitrogen and oxygen atoms in total. The van der Waals surface area contributed by atoms with Crippen molar-refractivity contribution in [2.45, 2.75) is 12.8 Å². The first-order chi connectivity index (χ1) is 12.1. The van der Waals surface area contributed by atoms with Crippen molar-refractivity contribution < 1.29 is 9.53 Å². The van der Waals surface area contributed by atoms with Gasteiger partial charge in [0, 0.05) is 19.0 Å². The molecule has 0 atom stereocenters. The Bertz CT molecular complexity index is 800. The zero-order valence-corrected chi connectivity index (χ0v) is 16.1. The molecule has 142 valence electrons. The van der Waals surface area contributed by atoms with E-state index < -0.39 is 0 Å². The molecule has 4 N–H and O–H groups in total. The number of rotatable bonds is 5. The Labute approximate surface area is 163 Å². The second kappa shape index (κ2) is 9.12. The summed E-state index contributed by atoms with van der Waals surface area (Å²) in [6, 6.07) is 5.27. The first kappa shape index (κ1) is 20.4. The van der Waals surface area contributed by atoms with Crippen LogP contribution in [0.15, 0.2) is 23.2 Å². The summed E-state index contributed by atoms with van der Waals surface area (Å²) in [5, 5.41) is 3.78. The maximum absolute atomic E-state index is 12.2. The number of aliphatic imine (C=N–C) groups is 1. The number of nitrogens with zero attached hydrogens (tertiary/aromatic N) is 2. The van der Waals surface area contributed by atoms with Gasteiger partial charge in [0.1, 0.15) is 18.1 Å². The summed E-state index contributed by atoms with van der Waals surface area (Å²) in [5.41, 5.74) is 6.59. The van der Waals surface area contributed by atoms with Gasteiger partial charge in [-0.05, 0) is 44.1 Å². The molecule has 0 spiro atoms. The van der Waals surface area contributed by atoms with Gasteiger partial charge in [-0.1, -0.05) is 11.6 Å². The average Bonchev–Trinajstić information content (AvgIpc) is 3.26. The van der Waals surface area contributed by atoms with E-state index in [1.54, 1.807) is 12.1 Å². The zero-order valence-electron chi connectivity index (χ0n) is 14.5. The van der Waals surface area contributed by atoms with E-state index in [1.165, 1.54) is 19.9 Å². The van der Waals surface area contributed by atoms with Crippen LogP contribution in [0.5, 0.6) is 5.75 Å². The molecule has 2 aromatic rings. The van der Waals surface area contributed by atoms with Crippen LogP contribution in [-0.2, 0) is 0 Å². The van der Waals surface area contributed by atoms with Gasteiger partial charge in [0.15, 0.2) is 5.96 Å². The number of H-pyrrole nitrogens is 1. The number of guanidine groups is 1. The third-order valence-corrected chi connectivity index (χ3v) is 4.62. The van der Waals surface area contributed by atoms with E-state index >= 15 is 0 Å². The molecule has 0 radical (unpaired) electrons. The molecule has 0 aliphatic carbocycles. The van der Waals surface area contributed by atoms with Crippen molar-refractivity contribution in [1.82, 2.24) is 15.2 Å². The molecule has 1 aromatic carbocycles. The van der Waals surface area contributed by atoms with Crippen molar-refractivity contribution in [3.63, 3.8) is 0 Å². The lowest BCUT2D eigenvalue weighted by Gasteiger charge is -2.15. The molecule has 3 rings (SSSR count). The second-order valence-electron chi connectivity index (χ2n) is 5.98. The fraction of sp³-hybridized carbons (Fsp3) is 0.412. The fourth-order valence-electron chi connectivity index (χ4n) is 2.93. The topological polar surface area (TPSA) is 95.7 Å². The second-order valence-corrected chi connectivity index (χ2v) is 6.38. The highest BCUT2D eigenvalue weighted by atomic mass is 35.5. The monoisotopic (exact) mass is 399 g/mol. The molecular weight excluding hydrogens is 377 g/mol. The highest BCUT2D eigenvalue weighted by Crippen LogP contribution is 2.32. The van der Waals surface area contributed by atoms with Gasteiger partial charge >= 0.3 is 0 Å². The fourth-order valence-corrected chi connectivity index (χ4v) is 3.14. The van der Waals surface area contributed by atoms with Gasteiger partial charge in [0.05, 0.1) is 10.5 Å². The number of benzene rings is 1. The molecule has 0 unspecified atom stereocenters. The summed E-state index contributed by atoms with van der Waals surface area (Å²) in [4.78, 5) is 21.4. The maximum Gasteiger partial charge on any atom is 0.274 e. The summed E-state index contributed by atoms with van der Waals surface area (Å²) in [6.45, 7) is 3.74. The Morgan fingerprint density at radius 2 is 2.15 bits per heavy atom. The summed E-state index contributed by atoms with van der Waals surface area (Å²) in [6.07, 6.45) is 2.51. The average molecular weight is 400 g/mol. The van der Waals surface area contributed by atoms with Gasteiger partial charge in [0.25, 0.3) is 5.91 Å². The number of fused-ring (bicyclic) bond motifs is 1. The first-order valence-electron chi connectivity index (χ1n) is 8.28. The van der Waals surface area contributed by atoms with E-state index in [0.717, 1.165) is 25.0 Å². The van der Waals surface area contributed by atoms with Crippen molar-refractivity contribution in [3.8, 4) is 5.75 Å².